The van der Waals surface area contributed by atoms with Gasteiger partial charge in [-0.15, -0.1) is 0 Å². The summed E-state index contributed by atoms with van der Waals surface area (Å²) in [5, 5.41) is 20.8. The smallest absolute Gasteiger partial charge is 0.0995 e. The Morgan fingerprint density at radius 2 is 1.68 bits per heavy atom. The van der Waals surface area contributed by atoms with Crippen molar-refractivity contribution >= 4 is 0 Å². The van der Waals surface area contributed by atoms with Gasteiger partial charge in [0.05, 0.1) is 30.4 Å². The average Bonchev–Trinajstić information content (AvgIpc) is 2.63. The van der Waals surface area contributed by atoms with E-state index in [9.17, 15) is 10.4 Å². The third kappa shape index (κ3) is 3.07. The van der Waals surface area contributed by atoms with Crippen molar-refractivity contribution in [2.75, 3.05) is 13.2 Å². The first kappa shape index (κ1) is 16.3. The molecule has 4 heteroatoms. The molecule has 2 unspecified atom stereocenters. The third-order valence-corrected chi connectivity index (χ3v) is 5.46. The molecule has 128 valence electrons. The standard InChI is InChI=1S/C21H22N2O2/c22-12-17-8-4-5-9-20(17)21(24)10-18-14-25-15-19(11-21)23(18)13-16-6-2-1-3-7-16/h1-9,18-19,24H,10-11,13-15H2. The maximum Gasteiger partial charge on any atom is 0.0995 e. The van der Waals surface area contributed by atoms with Crippen LogP contribution in [0, 0.1) is 11.3 Å². The molecule has 2 aliphatic rings. The minimum Gasteiger partial charge on any atom is -0.385 e. The zero-order valence-corrected chi connectivity index (χ0v) is 14.1. The molecule has 0 aromatic heterocycles. The summed E-state index contributed by atoms with van der Waals surface area (Å²) in [6, 6.07) is 20.4. The van der Waals surface area contributed by atoms with Crippen LogP contribution in [0.2, 0.25) is 0 Å². The van der Waals surface area contributed by atoms with Crippen LogP contribution in [-0.4, -0.2) is 35.3 Å². The van der Waals surface area contributed by atoms with E-state index in [1.54, 1.807) is 6.07 Å². The van der Waals surface area contributed by atoms with E-state index in [0.29, 0.717) is 31.6 Å². The molecule has 2 aromatic rings. The lowest BCUT2D eigenvalue weighted by Crippen LogP contribution is -2.60. The van der Waals surface area contributed by atoms with Gasteiger partial charge in [-0.3, -0.25) is 4.90 Å². The quantitative estimate of drug-likeness (QED) is 0.938. The summed E-state index contributed by atoms with van der Waals surface area (Å²) in [5.74, 6) is 0. The Kier molecular flexibility index (Phi) is 4.30. The molecule has 0 spiro atoms. The highest BCUT2D eigenvalue weighted by Gasteiger charge is 2.47. The van der Waals surface area contributed by atoms with Crippen molar-refractivity contribution in [2.24, 2.45) is 0 Å². The Morgan fingerprint density at radius 1 is 1.04 bits per heavy atom. The lowest BCUT2D eigenvalue weighted by Gasteiger charge is -2.52. The van der Waals surface area contributed by atoms with E-state index < -0.39 is 5.60 Å². The summed E-state index contributed by atoms with van der Waals surface area (Å²) in [5.41, 5.74) is 1.65. The number of nitrogens with zero attached hydrogens (tertiary/aromatic N) is 2. The van der Waals surface area contributed by atoms with Crippen molar-refractivity contribution in [3.8, 4) is 6.07 Å². The molecule has 2 atom stereocenters. The number of benzene rings is 2. The maximum atomic E-state index is 11.4. The van der Waals surface area contributed by atoms with Crippen molar-refractivity contribution in [1.82, 2.24) is 4.90 Å². The molecular weight excluding hydrogens is 312 g/mol. The van der Waals surface area contributed by atoms with Crippen molar-refractivity contribution < 1.29 is 9.84 Å². The van der Waals surface area contributed by atoms with Gasteiger partial charge in [-0.1, -0.05) is 48.5 Å². The van der Waals surface area contributed by atoms with Crippen LogP contribution in [0.4, 0.5) is 0 Å². The number of piperidine rings is 1. The molecule has 0 amide bonds. The van der Waals surface area contributed by atoms with E-state index >= 15 is 0 Å². The van der Waals surface area contributed by atoms with Crippen molar-refractivity contribution in [3.63, 3.8) is 0 Å². The van der Waals surface area contributed by atoms with E-state index in [1.165, 1.54) is 5.56 Å². The molecule has 4 nitrogen and oxygen atoms in total. The zero-order valence-electron chi connectivity index (χ0n) is 14.1. The molecule has 2 bridgehead atoms. The molecule has 0 aliphatic carbocycles. The van der Waals surface area contributed by atoms with Crippen LogP contribution in [0.3, 0.4) is 0 Å². The van der Waals surface area contributed by atoms with E-state index in [2.05, 4.69) is 35.2 Å². The highest BCUT2D eigenvalue weighted by molar-refractivity contribution is 5.41. The van der Waals surface area contributed by atoms with Crippen molar-refractivity contribution in [1.29, 1.82) is 5.26 Å². The van der Waals surface area contributed by atoms with Gasteiger partial charge in [-0.05, 0) is 24.5 Å². The molecule has 2 aromatic carbocycles. The Hall–Kier alpha value is -2.19. The minimum atomic E-state index is -0.960. The predicted molar refractivity (Wildman–Crippen MR) is 94.7 cm³/mol. The van der Waals surface area contributed by atoms with Gasteiger partial charge in [-0.25, -0.2) is 0 Å². The maximum absolute atomic E-state index is 11.4. The first-order valence-electron chi connectivity index (χ1n) is 8.79. The largest absolute Gasteiger partial charge is 0.385 e. The number of rotatable bonds is 3. The second kappa shape index (κ2) is 6.61. The SMILES string of the molecule is N#Cc1ccccc1C1(O)CC2COCC(C1)N2Cc1ccccc1. The number of hydrogen-bond acceptors (Lipinski definition) is 4. The number of morpholine rings is 1. The van der Waals surface area contributed by atoms with Gasteiger partial charge in [0.1, 0.15) is 0 Å². The number of aliphatic hydroxyl groups is 1. The summed E-state index contributed by atoms with van der Waals surface area (Å²) in [6.07, 6.45) is 1.18. The molecule has 2 fully saturated rings. The molecule has 2 aliphatic heterocycles. The summed E-state index contributed by atoms with van der Waals surface area (Å²) in [6.45, 7) is 2.12. The number of ether oxygens (including phenoxy) is 1. The fourth-order valence-electron chi connectivity index (χ4n) is 4.30. The molecule has 0 radical (unpaired) electrons. The van der Waals surface area contributed by atoms with Crippen LogP contribution in [0.1, 0.15) is 29.5 Å². The lowest BCUT2D eigenvalue weighted by molar-refractivity contribution is -0.149. The second-order valence-corrected chi connectivity index (χ2v) is 7.10. The minimum absolute atomic E-state index is 0.157. The summed E-state index contributed by atoms with van der Waals surface area (Å²) >= 11 is 0. The van der Waals surface area contributed by atoms with Gasteiger partial charge in [0.2, 0.25) is 0 Å². The van der Waals surface area contributed by atoms with Crippen LogP contribution in [0.15, 0.2) is 54.6 Å². The van der Waals surface area contributed by atoms with Gasteiger partial charge < -0.3 is 9.84 Å². The third-order valence-electron chi connectivity index (χ3n) is 5.46. The van der Waals surface area contributed by atoms with Gasteiger partial charge in [0.25, 0.3) is 0 Å². The van der Waals surface area contributed by atoms with E-state index in [-0.39, 0.29) is 12.1 Å². The molecule has 1 N–H and O–H groups in total. The summed E-state index contributed by atoms with van der Waals surface area (Å²) < 4.78 is 5.77. The topological polar surface area (TPSA) is 56.5 Å². The predicted octanol–water partition coefficient (Wildman–Crippen LogP) is 2.81. The molecule has 4 rings (SSSR count). The first-order chi connectivity index (χ1) is 12.2. The highest BCUT2D eigenvalue weighted by Crippen LogP contribution is 2.42. The summed E-state index contributed by atoms with van der Waals surface area (Å²) in [4.78, 5) is 2.46. The Labute approximate surface area is 148 Å². The van der Waals surface area contributed by atoms with E-state index in [4.69, 9.17) is 4.74 Å². The number of nitriles is 1. The molecular formula is C21H22N2O2. The molecule has 0 saturated carbocycles. The lowest BCUT2D eigenvalue weighted by atomic mass is 9.75. The van der Waals surface area contributed by atoms with Crippen LogP contribution in [-0.2, 0) is 16.9 Å². The Bertz CT molecular complexity index is 770. The van der Waals surface area contributed by atoms with E-state index in [1.807, 2.05) is 24.3 Å². The average molecular weight is 334 g/mol. The summed E-state index contributed by atoms with van der Waals surface area (Å²) in [7, 11) is 0. The van der Waals surface area contributed by atoms with E-state index in [0.717, 1.165) is 12.1 Å². The van der Waals surface area contributed by atoms with Gasteiger partial charge in [-0.2, -0.15) is 5.26 Å². The monoisotopic (exact) mass is 334 g/mol. The molecule has 25 heavy (non-hydrogen) atoms. The fraction of sp³-hybridized carbons (Fsp3) is 0.381. The van der Waals surface area contributed by atoms with Crippen molar-refractivity contribution in [3.05, 3.63) is 71.3 Å². The zero-order chi connectivity index (χ0) is 17.3. The molecule has 2 heterocycles. The Morgan fingerprint density at radius 3 is 2.36 bits per heavy atom. The van der Waals surface area contributed by atoms with Gasteiger partial charge in [0.15, 0.2) is 0 Å². The highest BCUT2D eigenvalue weighted by atomic mass is 16.5. The Balaban J connectivity index is 1.62. The first-order valence-corrected chi connectivity index (χ1v) is 8.79. The van der Waals surface area contributed by atoms with Crippen LogP contribution >= 0.6 is 0 Å². The number of fused-ring (bicyclic) bond motifs is 2. The fourth-order valence-corrected chi connectivity index (χ4v) is 4.30. The number of hydrogen-bond donors (Lipinski definition) is 1. The van der Waals surface area contributed by atoms with Crippen LogP contribution in [0.5, 0.6) is 0 Å². The van der Waals surface area contributed by atoms with Crippen LogP contribution in [0.25, 0.3) is 0 Å². The molecule has 2 saturated heterocycles. The van der Waals surface area contributed by atoms with Gasteiger partial charge >= 0.3 is 0 Å². The van der Waals surface area contributed by atoms with Crippen molar-refractivity contribution in [2.45, 2.75) is 37.1 Å². The normalized spacial score (nSPS) is 29.1. The second-order valence-electron chi connectivity index (χ2n) is 7.10. The van der Waals surface area contributed by atoms with Crippen LogP contribution < -0.4 is 0 Å². The van der Waals surface area contributed by atoms with Gasteiger partial charge in [0, 0.05) is 24.2 Å².